The van der Waals surface area contributed by atoms with Crippen molar-refractivity contribution in [1.82, 2.24) is 20.4 Å². The Kier molecular flexibility index (Phi) is 3.39. The van der Waals surface area contributed by atoms with Crippen LogP contribution in [0.5, 0.6) is 0 Å². The molecule has 0 aliphatic carbocycles. The maximum absolute atomic E-state index is 4.22. The highest BCUT2D eigenvalue weighted by Gasteiger charge is 2.04. The maximum Gasteiger partial charge on any atom is 0.129 e. The summed E-state index contributed by atoms with van der Waals surface area (Å²) in [6, 6.07) is 5.78. The monoisotopic (exact) mass is 258 g/mol. The summed E-state index contributed by atoms with van der Waals surface area (Å²) in [7, 11) is 0. The zero-order valence-corrected chi connectivity index (χ0v) is 10.6. The van der Waals surface area contributed by atoms with Crippen LogP contribution in [0.1, 0.15) is 11.4 Å². The lowest BCUT2D eigenvalue weighted by Gasteiger charge is -1.93. The largest absolute Gasteiger partial charge is 0.412 e. The fraction of sp³-hybridized carbons (Fsp3) is 0.167. The Hall–Kier alpha value is -2.54. The molecule has 7 nitrogen and oxygen atoms in total. The lowest BCUT2D eigenvalue weighted by atomic mass is 10.2. The minimum Gasteiger partial charge on any atom is -0.412 e. The summed E-state index contributed by atoms with van der Waals surface area (Å²) in [5.41, 5.74) is 4.29. The van der Waals surface area contributed by atoms with E-state index in [1.807, 2.05) is 32.0 Å². The fourth-order valence-electron chi connectivity index (χ4n) is 1.79. The van der Waals surface area contributed by atoms with Crippen molar-refractivity contribution in [2.75, 3.05) is 0 Å². The molecule has 4 N–H and O–H groups in total. The van der Waals surface area contributed by atoms with Gasteiger partial charge in [-0.25, -0.2) is 0 Å². The highest BCUT2D eigenvalue weighted by molar-refractivity contribution is 5.80. The van der Waals surface area contributed by atoms with Gasteiger partial charge in [0.05, 0.1) is 28.8 Å². The molecule has 0 spiro atoms. The van der Waals surface area contributed by atoms with Crippen molar-refractivity contribution < 1.29 is 5.48 Å². The molecule has 0 bridgehead atoms. The van der Waals surface area contributed by atoms with Crippen LogP contribution in [0, 0.1) is 13.8 Å². The first kappa shape index (κ1) is 12.9. The lowest BCUT2D eigenvalue weighted by molar-refractivity contribution is 0.824. The third kappa shape index (κ3) is 2.36. The van der Waals surface area contributed by atoms with Crippen molar-refractivity contribution in [3.05, 3.63) is 35.8 Å². The van der Waals surface area contributed by atoms with Crippen LogP contribution >= 0.6 is 0 Å². The number of benzene rings is 1. The summed E-state index contributed by atoms with van der Waals surface area (Å²) in [6.07, 6.45) is 1.78. The Morgan fingerprint density at radius 1 is 1.11 bits per heavy atom. The van der Waals surface area contributed by atoms with E-state index in [0.29, 0.717) is 0 Å². The Morgan fingerprint density at radius 3 is 2.68 bits per heavy atom. The van der Waals surface area contributed by atoms with Gasteiger partial charge in [0, 0.05) is 5.39 Å². The second kappa shape index (κ2) is 4.99. The molecular formula is C12H14N6O. The summed E-state index contributed by atoms with van der Waals surface area (Å²) in [5.74, 6) is 0. The minimum atomic E-state index is 0. The smallest absolute Gasteiger partial charge is 0.129 e. The molecule has 2 heterocycles. The summed E-state index contributed by atoms with van der Waals surface area (Å²) in [5, 5.41) is 23.3. The van der Waals surface area contributed by atoms with Crippen molar-refractivity contribution in [3.8, 4) is 0 Å². The van der Waals surface area contributed by atoms with Gasteiger partial charge in [0.15, 0.2) is 0 Å². The Bertz CT molecular complexity index is 707. The Labute approximate surface area is 109 Å². The van der Waals surface area contributed by atoms with Gasteiger partial charge in [-0.05, 0) is 32.0 Å². The van der Waals surface area contributed by atoms with E-state index in [9.17, 15) is 0 Å². The molecule has 2 aromatic heterocycles. The van der Waals surface area contributed by atoms with E-state index in [1.54, 1.807) is 6.20 Å². The summed E-state index contributed by atoms with van der Waals surface area (Å²) in [6.45, 7) is 3.82. The predicted molar refractivity (Wildman–Crippen MR) is 71.9 cm³/mol. The highest BCUT2D eigenvalue weighted by Crippen LogP contribution is 2.25. The number of aromatic nitrogens is 4. The number of H-pyrrole nitrogens is 2. The number of hydrogen-bond acceptors (Lipinski definition) is 4. The van der Waals surface area contributed by atoms with Gasteiger partial charge in [-0.3, -0.25) is 10.2 Å². The van der Waals surface area contributed by atoms with Crippen LogP contribution in [0.15, 0.2) is 34.6 Å². The first-order chi connectivity index (χ1) is 8.74. The molecule has 0 radical (unpaired) electrons. The molecule has 0 amide bonds. The van der Waals surface area contributed by atoms with Gasteiger partial charge in [-0.1, -0.05) is 0 Å². The standard InChI is InChI=1S/C12H12N6.H2O/c1-7-12(8(2)15-14-7)18-16-10-4-3-9-6-13-17-11(9)5-10;/h3-6H,1-2H3,(H,13,17)(H,14,15);1H2. The average molecular weight is 258 g/mol. The van der Waals surface area contributed by atoms with Gasteiger partial charge < -0.3 is 5.48 Å². The van der Waals surface area contributed by atoms with Gasteiger partial charge in [0.2, 0.25) is 0 Å². The third-order valence-electron chi connectivity index (χ3n) is 2.78. The van der Waals surface area contributed by atoms with Crippen LogP contribution in [-0.4, -0.2) is 25.9 Å². The van der Waals surface area contributed by atoms with Gasteiger partial charge in [-0.2, -0.15) is 15.3 Å². The minimum absolute atomic E-state index is 0. The molecular weight excluding hydrogens is 244 g/mol. The molecule has 98 valence electrons. The first-order valence-corrected chi connectivity index (χ1v) is 5.60. The van der Waals surface area contributed by atoms with Gasteiger partial charge in [0.25, 0.3) is 0 Å². The zero-order chi connectivity index (χ0) is 12.5. The van der Waals surface area contributed by atoms with Crippen molar-refractivity contribution >= 4 is 22.3 Å². The number of aryl methyl sites for hydroxylation is 2. The quantitative estimate of drug-likeness (QED) is 0.687. The summed E-state index contributed by atoms with van der Waals surface area (Å²) >= 11 is 0. The topological polar surface area (TPSA) is 114 Å². The SMILES string of the molecule is Cc1n[nH]c(C)c1N=Nc1ccc2cn[nH]c2c1.O. The molecule has 1 aromatic carbocycles. The number of rotatable bonds is 2. The van der Waals surface area contributed by atoms with Crippen molar-refractivity contribution in [3.63, 3.8) is 0 Å². The van der Waals surface area contributed by atoms with Crippen LogP contribution in [0.3, 0.4) is 0 Å². The molecule has 0 atom stereocenters. The number of azo groups is 1. The van der Waals surface area contributed by atoms with Crippen LogP contribution in [-0.2, 0) is 0 Å². The first-order valence-electron chi connectivity index (χ1n) is 5.60. The highest BCUT2D eigenvalue weighted by atomic mass is 16.0. The molecule has 0 unspecified atom stereocenters. The van der Waals surface area contributed by atoms with Crippen LogP contribution in [0.4, 0.5) is 11.4 Å². The third-order valence-corrected chi connectivity index (χ3v) is 2.78. The number of aromatic amines is 2. The van der Waals surface area contributed by atoms with E-state index < -0.39 is 0 Å². The van der Waals surface area contributed by atoms with E-state index in [-0.39, 0.29) is 5.48 Å². The van der Waals surface area contributed by atoms with Crippen molar-refractivity contribution in [1.29, 1.82) is 0 Å². The number of fused-ring (bicyclic) bond motifs is 1. The second-order valence-electron chi connectivity index (χ2n) is 4.12. The molecule has 3 aromatic rings. The predicted octanol–water partition coefficient (Wildman–Crippen LogP) is 2.49. The molecule has 3 rings (SSSR count). The van der Waals surface area contributed by atoms with E-state index >= 15 is 0 Å². The van der Waals surface area contributed by atoms with Gasteiger partial charge in [0.1, 0.15) is 5.69 Å². The van der Waals surface area contributed by atoms with E-state index in [2.05, 4.69) is 30.6 Å². The molecule has 19 heavy (non-hydrogen) atoms. The molecule has 0 saturated carbocycles. The number of hydrogen-bond donors (Lipinski definition) is 2. The van der Waals surface area contributed by atoms with E-state index in [1.165, 1.54) is 0 Å². The van der Waals surface area contributed by atoms with Crippen LogP contribution in [0.2, 0.25) is 0 Å². The number of nitrogens with zero attached hydrogens (tertiary/aromatic N) is 4. The van der Waals surface area contributed by atoms with E-state index in [4.69, 9.17) is 0 Å². The molecule has 0 fully saturated rings. The van der Waals surface area contributed by atoms with Crippen molar-refractivity contribution in [2.45, 2.75) is 13.8 Å². The second-order valence-corrected chi connectivity index (χ2v) is 4.12. The summed E-state index contributed by atoms with van der Waals surface area (Å²) in [4.78, 5) is 0. The fourth-order valence-corrected chi connectivity index (χ4v) is 1.79. The Morgan fingerprint density at radius 2 is 1.95 bits per heavy atom. The van der Waals surface area contributed by atoms with Gasteiger partial charge in [-0.15, -0.1) is 5.11 Å². The van der Waals surface area contributed by atoms with Gasteiger partial charge >= 0.3 is 0 Å². The molecule has 0 saturated heterocycles. The number of nitrogens with one attached hydrogen (secondary N) is 2. The average Bonchev–Trinajstić information content (AvgIpc) is 2.94. The van der Waals surface area contributed by atoms with Crippen LogP contribution < -0.4 is 0 Å². The van der Waals surface area contributed by atoms with E-state index in [0.717, 1.165) is 33.7 Å². The summed E-state index contributed by atoms with van der Waals surface area (Å²) < 4.78 is 0. The van der Waals surface area contributed by atoms with Crippen LogP contribution in [0.25, 0.3) is 10.9 Å². The lowest BCUT2D eigenvalue weighted by Crippen LogP contribution is -1.70. The molecule has 0 aliphatic rings. The molecule has 7 heteroatoms. The zero-order valence-electron chi connectivity index (χ0n) is 10.6. The Balaban J connectivity index is 0.00000133. The maximum atomic E-state index is 4.22. The van der Waals surface area contributed by atoms with Crippen molar-refractivity contribution in [2.24, 2.45) is 10.2 Å². The normalized spacial score (nSPS) is 11.1. The molecule has 0 aliphatic heterocycles.